The Morgan fingerprint density at radius 2 is 1.85 bits per heavy atom. The van der Waals surface area contributed by atoms with Crippen molar-refractivity contribution in [2.75, 3.05) is 18.4 Å². The Labute approximate surface area is 156 Å². The monoisotopic (exact) mass is 377 g/mol. The Hall–Kier alpha value is -2.41. The van der Waals surface area contributed by atoms with Crippen molar-refractivity contribution in [3.8, 4) is 0 Å². The number of aryl methyl sites for hydroxylation is 2. The van der Waals surface area contributed by atoms with Crippen LogP contribution in [-0.4, -0.2) is 28.9 Å². The van der Waals surface area contributed by atoms with Gasteiger partial charge in [0.2, 0.25) is 0 Å². The van der Waals surface area contributed by atoms with Crippen LogP contribution in [0.4, 0.5) is 18.9 Å². The quantitative estimate of drug-likeness (QED) is 0.849. The van der Waals surface area contributed by atoms with Crippen molar-refractivity contribution < 1.29 is 18.0 Å². The molecule has 1 fully saturated rings. The summed E-state index contributed by atoms with van der Waals surface area (Å²) in [6, 6.07) is 5.42. The van der Waals surface area contributed by atoms with E-state index in [-0.39, 0.29) is 5.69 Å². The van der Waals surface area contributed by atoms with Crippen molar-refractivity contribution in [1.82, 2.24) is 9.88 Å². The van der Waals surface area contributed by atoms with E-state index in [1.807, 2.05) is 13.8 Å². The number of likely N-dealkylation sites (tertiary alicyclic amines) is 1. The lowest BCUT2D eigenvalue weighted by molar-refractivity contribution is -0.137. The molecule has 1 aliphatic heterocycles. The Balaban J connectivity index is 1.86. The van der Waals surface area contributed by atoms with Crippen LogP contribution in [0.3, 0.4) is 0 Å². The molecule has 27 heavy (non-hydrogen) atoms. The van der Waals surface area contributed by atoms with Gasteiger partial charge in [-0.3, -0.25) is 14.7 Å². The number of carbonyl (C=O) groups excluding carboxylic acids is 1. The summed E-state index contributed by atoms with van der Waals surface area (Å²) in [5, 5.41) is 2.59. The second kappa shape index (κ2) is 7.68. The van der Waals surface area contributed by atoms with Gasteiger partial charge in [-0.2, -0.15) is 13.2 Å². The lowest BCUT2D eigenvalue weighted by atomic mass is 10.1. The van der Waals surface area contributed by atoms with E-state index < -0.39 is 17.6 Å². The van der Waals surface area contributed by atoms with Gasteiger partial charge in [0.05, 0.1) is 11.1 Å². The van der Waals surface area contributed by atoms with E-state index in [9.17, 15) is 18.0 Å². The molecule has 1 saturated heterocycles. The largest absolute Gasteiger partial charge is 0.416 e. The van der Waals surface area contributed by atoms with Crippen molar-refractivity contribution in [1.29, 1.82) is 0 Å². The van der Waals surface area contributed by atoms with Crippen LogP contribution >= 0.6 is 0 Å². The van der Waals surface area contributed by atoms with Crippen molar-refractivity contribution in [3.63, 3.8) is 0 Å². The molecule has 0 saturated carbocycles. The number of pyridine rings is 1. The first kappa shape index (κ1) is 19.4. The molecule has 0 bridgehead atoms. The summed E-state index contributed by atoms with van der Waals surface area (Å²) in [4.78, 5) is 18.7. The predicted molar refractivity (Wildman–Crippen MR) is 97.6 cm³/mol. The Morgan fingerprint density at radius 3 is 2.48 bits per heavy atom. The highest BCUT2D eigenvalue weighted by atomic mass is 19.4. The standard InChI is InChI=1S/C20H22F3N3O/c1-13-7-16(11-24-14(13)2)19(27)25-18-9-15(12-26-5-3-4-6-26)8-17(10-18)20(21,22)23/h7-11H,3-6,12H2,1-2H3,(H,25,27). The van der Waals surface area contributed by atoms with Gasteiger partial charge >= 0.3 is 6.18 Å². The summed E-state index contributed by atoms with van der Waals surface area (Å²) in [6.07, 6.45) is -0.927. The fourth-order valence-electron chi connectivity index (χ4n) is 3.19. The van der Waals surface area contributed by atoms with Gasteiger partial charge in [0.1, 0.15) is 0 Å². The third-order valence-electron chi connectivity index (χ3n) is 4.79. The predicted octanol–water partition coefficient (Wildman–Crippen LogP) is 4.57. The number of alkyl halides is 3. The molecule has 0 unspecified atom stereocenters. The fourth-order valence-corrected chi connectivity index (χ4v) is 3.19. The highest BCUT2D eigenvalue weighted by Gasteiger charge is 2.31. The minimum Gasteiger partial charge on any atom is -0.322 e. The molecule has 1 aromatic heterocycles. The SMILES string of the molecule is Cc1cc(C(=O)Nc2cc(CN3CCCC3)cc(C(F)(F)F)c2)cnc1C. The molecule has 1 aliphatic rings. The van der Waals surface area contributed by atoms with Crippen LogP contribution in [0.5, 0.6) is 0 Å². The Bertz CT molecular complexity index is 843. The molecule has 144 valence electrons. The molecular weight excluding hydrogens is 355 g/mol. The van der Waals surface area contributed by atoms with E-state index in [0.717, 1.165) is 49.3 Å². The maximum Gasteiger partial charge on any atom is 0.416 e. The third kappa shape index (κ3) is 4.86. The number of nitrogens with one attached hydrogen (secondary N) is 1. The summed E-state index contributed by atoms with van der Waals surface area (Å²) >= 11 is 0. The molecule has 2 aromatic rings. The second-order valence-corrected chi connectivity index (χ2v) is 6.98. The lowest BCUT2D eigenvalue weighted by Gasteiger charge is -2.18. The Kier molecular flexibility index (Phi) is 5.51. The van der Waals surface area contributed by atoms with Crippen LogP contribution < -0.4 is 5.32 Å². The molecule has 4 nitrogen and oxygen atoms in total. The normalized spacial score (nSPS) is 15.1. The number of rotatable bonds is 4. The van der Waals surface area contributed by atoms with Crippen molar-refractivity contribution in [3.05, 3.63) is 58.4 Å². The average molecular weight is 377 g/mol. The van der Waals surface area contributed by atoms with Gasteiger partial charge in [-0.1, -0.05) is 0 Å². The van der Waals surface area contributed by atoms with E-state index in [1.165, 1.54) is 6.20 Å². The maximum absolute atomic E-state index is 13.3. The van der Waals surface area contributed by atoms with E-state index in [0.29, 0.717) is 17.7 Å². The van der Waals surface area contributed by atoms with Gasteiger partial charge in [-0.25, -0.2) is 0 Å². The molecule has 3 rings (SSSR count). The summed E-state index contributed by atoms with van der Waals surface area (Å²) in [5.74, 6) is -0.475. The summed E-state index contributed by atoms with van der Waals surface area (Å²) in [5.41, 5.74) is 1.90. The third-order valence-corrected chi connectivity index (χ3v) is 4.79. The zero-order valence-corrected chi connectivity index (χ0v) is 15.4. The molecule has 0 radical (unpaired) electrons. The molecule has 1 aromatic carbocycles. The van der Waals surface area contributed by atoms with Crippen LogP contribution in [0.25, 0.3) is 0 Å². The number of hydrogen-bond donors (Lipinski definition) is 1. The van der Waals surface area contributed by atoms with Crippen molar-refractivity contribution in [2.24, 2.45) is 0 Å². The van der Waals surface area contributed by atoms with Crippen LogP contribution in [-0.2, 0) is 12.7 Å². The topological polar surface area (TPSA) is 45.2 Å². The zero-order valence-electron chi connectivity index (χ0n) is 15.4. The summed E-state index contributed by atoms with van der Waals surface area (Å²) in [7, 11) is 0. The van der Waals surface area contributed by atoms with Gasteiger partial charge in [-0.15, -0.1) is 0 Å². The highest BCUT2D eigenvalue weighted by Crippen LogP contribution is 2.32. The number of nitrogens with zero attached hydrogens (tertiary/aromatic N) is 2. The van der Waals surface area contributed by atoms with Crippen LogP contribution in [0.15, 0.2) is 30.5 Å². The second-order valence-electron chi connectivity index (χ2n) is 6.98. The minimum absolute atomic E-state index is 0.141. The van der Waals surface area contributed by atoms with E-state index in [1.54, 1.807) is 12.1 Å². The summed E-state index contributed by atoms with van der Waals surface area (Å²) < 4.78 is 39.8. The number of halogens is 3. The van der Waals surface area contributed by atoms with Gasteiger partial charge in [-0.05, 0) is 75.2 Å². The fraction of sp³-hybridized carbons (Fsp3) is 0.400. The molecule has 7 heteroatoms. The van der Waals surface area contributed by atoms with E-state index >= 15 is 0 Å². The molecule has 1 N–H and O–H groups in total. The molecule has 0 spiro atoms. The minimum atomic E-state index is -4.47. The lowest BCUT2D eigenvalue weighted by Crippen LogP contribution is -2.20. The van der Waals surface area contributed by atoms with Gasteiger partial charge < -0.3 is 5.32 Å². The molecule has 2 heterocycles. The van der Waals surface area contributed by atoms with E-state index in [2.05, 4.69) is 15.2 Å². The van der Waals surface area contributed by atoms with Crippen molar-refractivity contribution in [2.45, 2.75) is 39.4 Å². The number of anilines is 1. The number of hydrogen-bond acceptors (Lipinski definition) is 3. The van der Waals surface area contributed by atoms with Crippen LogP contribution in [0.1, 0.15) is 45.6 Å². The number of amides is 1. The first-order chi connectivity index (χ1) is 12.7. The number of carbonyl (C=O) groups is 1. The van der Waals surface area contributed by atoms with Gasteiger partial charge in [0.15, 0.2) is 0 Å². The summed E-state index contributed by atoms with van der Waals surface area (Å²) in [6.45, 7) is 5.86. The first-order valence-electron chi connectivity index (χ1n) is 8.90. The van der Waals surface area contributed by atoms with Gasteiger partial charge in [0, 0.05) is 24.1 Å². The number of benzene rings is 1. The zero-order chi connectivity index (χ0) is 19.6. The highest BCUT2D eigenvalue weighted by molar-refractivity contribution is 6.04. The first-order valence-corrected chi connectivity index (χ1v) is 8.90. The molecule has 0 atom stereocenters. The molecular formula is C20H22F3N3O. The molecule has 0 aliphatic carbocycles. The van der Waals surface area contributed by atoms with Crippen LogP contribution in [0, 0.1) is 13.8 Å². The average Bonchev–Trinajstić information content (AvgIpc) is 3.09. The van der Waals surface area contributed by atoms with Crippen LogP contribution in [0.2, 0.25) is 0 Å². The Morgan fingerprint density at radius 1 is 1.15 bits per heavy atom. The number of aromatic nitrogens is 1. The smallest absolute Gasteiger partial charge is 0.322 e. The van der Waals surface area contributed by atoms with Gasteiger partial charge in [0.25, 0.3) is 5.91 Å². The van der Waals surface area contributed by atoms with E-state index in [4.69, 9.17) is 0 Å². The molecule has 1 amide bonds. The maximum atomic E-state index is 13.3. The van der Waals surface area contributed by atoms with Crippen molar-refractivity contribution >= 4 is 11.6 Å².